The fourth-order valence-electron chi connectivity index (χ4n) is 1.43. The minimum atomic E-state index is 0.0474. The molecule has 0 spiro atoms. The monoisotopic (exact) mass is 173 g/mol. The van der Waals surface area contributed by atoms with E-state index in [0.717, 1.165) is 12.0 Å². The van der Waals surface area contributed by atoms with E-state index < -0.39 is 0 Å². The highest BCUT2D eigenvalue weighted by Crippen LogP contribution is 2.25. The zero-order valence-corrected chi connectivity index (χ0v) is 8.20. The Morgan fingerprint density at radius 1 is 1.31 bits per heavy atom. The second-order valence-corrected chi connectivity index (χ2v) is 3.40. The molecule has 0 aliphatic heterocycles. The molecular formula is C12H15N. The Hall–Kier alpha value is -1.29. The van der Waals surface area contributed by atoms with Crippen LogP contribution in [0.5, 0.6) is 0 Å². The molecule has 1 aromatic rings. The first-order chi connectivity index (χ1) is 6.29. The maximum atomic E-state index is 9.03. The summed E-state index contributed by atoms with van der Waals surface area (Å²) in [6.45, 7) is 4.25. The minimum Gasteiger partial charge on any atom is -0.198 e. The summed E-state index contributed by atoms with van der Waals surface area (Å²) >= 11 is 0. The number of hydrogen-bond acceptors (Lipinski definition) is 1. The predicted molar refractivity (Wildman–Crippen MR) is 54.3 cm³/mol. The number of benzene rings is 1. The third-order valence-corrected chi connectivity index (χ3v) is 2.51. The molecule has 0 radical (unpaired) electrons. The molecule has 0 saturated heterocycles. The Morgan fingerprint density at radius 2 is 1.92 bits per heavy atom. The third kappa shape index (κ3) is 2.32. The van der Waals surface area contributed by atoms with Crippen molar-refractivity contribution in [1.82, 2.24) is 0 Å². The van der Waals surface area contributed by atoms with Crippen LogP contribution in [0.3, 0.4) is 0 Å². The van der Waals surface area contributed by atoms with Gasteiger partial charge in [-0.3, -0.25) is 0 Å². The second kappa shape index (κ2) is 4.67. The summed E-state index contributed by atoms with van der Waals surface area (Å²) in [6.07, 6.45) is 1.05. The van der Waals surface area contributed by atoms with E-state index in [2.05, 4.69) is 19.9 Å². The first-order valence-corrected chi connectivity index (χ1v) is 4.74. The molecule has 1 nitrogen and oxygen atoms in total. The minimum absolute atomic E-state index is 0.0474. The van der Waals surface area contributed by atoms with Crippen LogP contribution in [0.15, 0.2) is 30.3 Å². The van der Waals surface area contributed by atoms with Gasteiger partial charge in [0.1, 0.15) is 0 Å². The van der Waals surface area contributed by atoms with Crippen molar-refractivity contribution in [3.05, 3.63) is 35.9 Å². The molecule has 0 N–H and O–H groups in total. The van der Waals surface area contributed by atoms with Crippen LogP contribution in [-0.4, -0.2) is 0 Å². The fourth-order valence-corrected chi connectivity index (χ4v) is 1.43. The van der Waals surface area contributed by atoms with Crippen molar-refractivity contribution >= 4 is 0 Å². The summed E-state index contributed by atoms with van der Waals surface area (Å²) in [5.74, 6) is 0.485. The van der Waals surface area contributed by atoms with Crippen molar-refractivity contribution in [2.45, 2.75) is 26.2 Å². The fraction of sp³-hybridized carbons (Fsp3) is 0.417. The maximum absolute atomic E-state index is 9.03. The van der Waals surface area contributed by atoms with E-state index in [4.69, 9.17) is 5.26 Å². The topological polar surface area (TPSA) is 23.8 Å². The van der Waals surface area contributed by atoms with Crippen LogP contribution < -0.4 is 0 Å². The predicted octanol–water partition coefficient (Wildman–Crippen LogP) is 3.34. The van der Waals surface area contributed by atoms with Crippen molar-refractivity contribution in [2.24, 2.45) is 5.92 Å². The van der Waals surface area contributed by atoms with Gasteiger partial charge in [0.2, 0.25) is 0 Å². The van der Waals surface area contributed by atoms with Gasteiger partial charge < -0.3 is 0 Å². The number of nitrogens with zero attached hydrogens (tertiary/aromatic N) is 1. The third-order valence-electron chi connectivity index (χ3n) is 2.51. The van der Waals surface area contributed by atoms with Gasteiger partial charge in [0.25, 0.3) is 0 Å². The van der Waals surface area contributed by atoms with E-state index in [1.54, 1.807) is 0 Å². The smallest absolute Gasteiger partial charge is 0.0738 e. The molecule has 0 aromatic heterocycles. The van der Waals surface area contributed by atoms with Crippen LogP contribution >= 0.6 is 0 Å². The van der Waals surface area contributed by atoms with Crippen molar-refractivity contribution < 1.29 is 0 Å². The molecule has 2 atom stereocenters. The van der Waals surface area contributed by atoms with Gasteiger partial charge >= 0.3 is 0 Å². The van der Waals surface area contributed by atoms with Gasteiger partial charge in [-0.25, -0.2) is 0 Å². The summed E-state index contributed by atoms with van der Waals surface area (Å²) in [6, 6.07) is 12.4. The molecular weight excluding hydrogens is 158 g/mol. The Kier molecular flexibility index (Phi) is 3.52. The highest BCUT2D eigenvalue weighted by molar-refractivity contribution is 5.25. The molecule has 0 heterocycles. The van der Waals surface area contributed by atoms with E-state index >= 15 is 0 Å². The normalized spacial score (nSPS) is 14.5. The van der Waals surface area contributed by atoms with Crippen molar-refractivity contribution in [2.75, 3.05) is 0 Å². The van der Waals surface area contributed by atoms with E-state index in [1.807, 2.05) is 30.3 Å². The molecule has 0 aliphatic rings. The summed E-state index contributed by atoms with van der Waals surface area (Å²) in [7, 11) is 0. The first-order valence-electron chi connectivity index (χ1n) is 4.74. The zero-order chi connectivity index (χ0) is 9.68. The second-order valence-electron chi connectivity index (χ2n) is 3.40. The molecule has 13 heavy (non-hydrogen) atoms. The summed E-state index contributed by atoms with van der Waals surface area (Å²) in [4.78, 5) is 0. The lowest BCUT2D eigenvalue weighted by Gasteiger charge is -2.15. The van der Waals surface area contributed by atoms with Crippen molar-refractivity contribution in [3.8, 4) is 6.07 Å². The van der Waals surface area contributed by atoms with Gasteiger partial charge in [-0.2, -0.15) is 5.26 Å². The highest BCUT2D eigenvalue weighted by Gasteiger charge is 2.16. The largest absolute Gasteiger partial charge is 0.198 e. The van der Waals surface area contributed by atoms with E-state index in [-0.39, 0.29) is 5.92 Å². The molecule has 0 unspecified atom stereocenters. The van der Waals surface area contributed by atoms with Gasteiger partial charge in [0, 0.05) is 0 Å². The Balaban J connectivity index is 2.86. The molecule has 0 fully saturated rings. The van der Waals surface area contributed by atoms with Gasteiger partial charge in [0.05, 0.1) is 12.0 Å². The van der Waals surface area contributed by atoms with E-state index in [9.17, 15) is 0 Å². The lowest BCUT2D eigenvalue weighted by atomic mass is 9.87. The highest BCUT2D eigenvalue weighted by atomic mass is 14.3. The SMILES string of the molecule is CC[C@@H](C)[C@@H](C#N)c1ccccc1. The van der Waals surface area contributed by atoms with Crippen LogP contribution in [0.25, 0.3) is 0 Å². The molecule has 0 aliphatic carbocycles. The molecule has 1 aromatic carbocycles. The van der Waals surface area contributed by atoms with Crippen LogP contribution in [-0.2, 0) is 0 Å². The van der Waals surface area contributed by atoms with E-state index in [0.29, 0.717) is 5.92 Å². The van der Waals surface area contributed by atoms with Crippen LogP contribution in [0, 0.1) is 17.2 Å². The molecule has 1 heteroatoms. The summed E-state index contributed by atoms with van der Waals surface area (Å²) < 4.78 is 0. The van der Waals surface area contributed by atoms with Crippen LogP contribution in [0.1, 0.15) is 31.7 Å². The van der Waals surface area contributed by atoms with Crippen molar-refractivity contribution in [3.63, 3.8) is 0 Å². The van der Waals surface area contributed by atoms with Gasteiger partial charge in [-0.1, -0.05) is 50.6 Å². The van der Waals surface area contributed by atoms with Crippen molar-refractivity contribution in [1.29, 1.82) is 5.26 Å². The maximum Gasteiger partial charge on any atom is 0.0738 e. The van der Waals surface area contributed by atoms with E-state index in [1.165, 1.54) is 0 Å². The molecule has 0 bridgehead atoms. The Bertz CT molecular complexity index is 284. The average molecular weight is 173 g/mol. The average Bonchev–Trinajstić information content (AvgIpc) is 2.20. The molecule has 0 saturated carbocycles. The first kappa shape index (κ1) is 9.80. The molecule has 68 valence electrons. The van der Waals surface area contributed by atoms with Gasteiger partial charge in [0.15, 0.2) is 0 Å². The number of rotatable bonds is 3. The molecule has 0 amide bonds. The standard InChI is InChI=1S/C12H15N/c1-3-10(2)12(9-13)11-7-5-4-6-8-11/h4-8,10,12H,3H2,1-2H3/t10-,12-/m1/s1. The quantitative estimate of drug-likeness (QED) is 0.687. The lowest BCUT2D eigenvalue weighted by molar-refractivity contribution is 0.514. The number of hydrogen-bond donors (Lipinski definition) is 0. The zero-order valence-electron chi connectivity index (χ0n) is 8.20. The van der Waals surface area contributed by atoms with Crippen LogP contribution in [0.4, 0.5) is 0 Å². The van der Waals surface area contributed by atoms with Crippen LogP contribution in [0.2, 0.25) is 0 Å². The Labute approximate surface area is 80.0 Å². The summed E-state index contributed by atoms with van der Waals surface area (Å²) in [5.41, 5.74) is 1.14. The summed E-state index contributed by atoms with van der Waals surface area (Å²) in [5, 5.41) is 9.03. The lowest BCUT2D eigenvalue weighted by Crippen LogP contribution is -2.06. The number of nitriles is 1. The Morgan fingerprint density at radius 3 is 2.38 bits per heavy atom. The van der Waals surface area contributed by atoms with Gasteiger partial charge in [-0.05, 0) is 11.5 Å². The van der Waals surface area contributed by atoms with Gasteiger partial charge in [-0.15, -0.1) is 0 Å². The molecule has 1 rings (SSSR count).